The van der Waals surface area contributed by atoms with E-state index in [2.05, 4.69) is 40.3 Å². The summed E-state index contributed by atoms with van der Waals surface area (Å²) in [5.74, 6) is 2.67. The number of benzene rings is 1. The van der Waals surface area contributed by atoms with E-state index < -0.39 is 0 Å². The minimum Gasteiger partial charge on any atom is -0.496 e. The molecule has 0 saturated heterocycles. The highest BCUT2D eigenvalue weighted by Crippen LogP contribution is 2.38. The number of halogens is 1. The predicted molar refractivity (Wildman–Crippen MR) is 79.2 cm³/mol. The van der Waals surface area contributed by atoms with Crippen LogP contribution in [0, 0.1) is 11.8 Å². The Morgan fingerprint density at radius 2 is 2.11 bits per heavy atom. The van der Waals surface area contributed by atoms with Crippen molar-refractivity contribution in [2.24, 2.45) is 11.8 Å². The topological polar surface area (TPSA) is 21.3 Å². The summed E-state index contributed by atoms with van der Waals surface area (Å²) >= 11 is 3.54. The fraction of sp³-hybridized carbons (Fsp3) is 0.600. The van der Waals surface area contributed by atoms with E-state index in [9.17, 15) is 0 Å². The molecule has 100 valence electrons. The van der Waals surface area contributed by atoms with Gasteiger partial charge in [0, 0.05) is 4.47 Å². The zero-order valence-electron chi connectivity index (χ0n) is 11.2. The summed E-state index contributed by atoms with van der Waals surface area (Å²) in [6, 6.07) is 6.29. The van der Waals surface area contributed by atoms with Crippen LogP contribution in [0.3, 0.4) is 0 Å². The average molecular weight is 312 g/mol. The lowest BCUT2D eigenvalue weighted by molar-refractivity contribution is 0.170. The predicted octanol–water partition coefficient (Wildman–Crippen LogP) is 3.64. The number of methoxy groups -OCH3 is 1. The van der Waals surface area contributed by atoms with Gasteiger partial charge in [0.2, 0.25) is 0 Å². The third-order valence-electron chi connectivity index (χ3n) is 3.96. The van der Waals surface area contributed by atoms with Gasteiger partial charge in [-0.3, -0.25) is 0 Å². The number of ether oxygens (including phenoxy) is 1. The van der Waals surface area contributed by atoms with Crippen molar-refractivity contribution in [1.29, 1.82) is 0 Å². The standard InChI is InChI=1S/C15H22BrNO/c1-3-17-10-12-5-4-11(12)8-13-9-14(16)6-7-15(13)18-2/h6-7,9,11-12,17H,3-5,8,10H2,1-2H3. The highest BCUT2D eigenvalue weighted by Gasteiger charge is 2.30. The Morgan fingerprint density at radius 3 is 2.72 bits per heavy atom. The van der Waals surface area contributed by atoms with Crippen molar-refractivity contribution >= 4 is 15.9 Å². The van der Waals surface area contributed by atoms with Crippen LogP contribution in [0.2, 0.25) is 0 Å². The summed E-state index contributed by atoms with van der Waals surface area (Å²) in [4.78, 5) is 0. The Labute approximate surface area is 118 Å². The summed E-state index contributed by atoms with van der Waals surface area (Å²) in [5.41, 5.74) is 1.33. The lowest BCUT2D eigenvalue weighted by Gasteiger charge is -2.37. The maximum atomic E-state index is 5.45. The molecule has 0 aliphatic heterocycles. The number of hydrogen-bond acceptors (Lipinski definition) is 2. The van der Waals surface area contributed by atoms with Gasteiger partial charge in [0.05, 0.1) is 7.11 Å². The van der Waals surface area contributed by atoms with Crippen LogP contribution in [0.15, 0.2) is 22.7 Å². The summed E-state index contributed by atoms with van der Waals surface area (Å²) in [6.07, 6.45) is 3.86. The molecule has 2 rings (SSSR count). The normalized spacial score (nSPS) is 22.6. The van der Waals surface area contributed by atoms with Crippen LogP contribution in [-0.4, -0.2) is 20.2 Å². The lowest BCUT2D eigenvalue weighted by atomic mass is 9.70. The second kappa shape index (κ2) is 6.58. The first-order chi connectivity index (χ1) is 8.74. The van der Waals surface area contributed by atoms with Gasteiger partial charge in [-0.25, -0.2) is 0 Å². The van der Waals surface area contributed by atoms with E-state index in [0.717, 1.165) is 41.6 Å². The molecular weight excluding hydrogens is 290 g/mol. The van der Waals surface area contributed by atoms with Crippen LogP contribution in [0.1, 0.15) is 25.3 Å². The molecule has 3 heteroatoms. The molecule has 2 unspecified atom stereocenters. The minimum atomic E-state index is 0.812. The first-order valence-corrected chi connectivity index (χ1v) is 7.57. The molecular formula is C15H22BrNO. The largest absolute Gasteiger partial charge is 0.496 e. The fourth-order valence-corrected chi connectivity index (χ4v) is 3.10. The smallest absolute Gasteiger partial charge is 0.122 e. The molecule has 0 bridgehead atoms. The molecule has 1 N–H and O–H groups in total. The van der Waals surface area contributed by atoms with Crippen molar-refractivity contribution in [2.75, 3.05) is 20.2 Å². The Kier molecular flexibility index (Phi) is 5.07. The van der Waals surface area contributed by atoms with Gasteiger partial charge in [0.15, 0.2) is 0 Å². The van der Waals surface area contributed by atoms with Gasteiger partial charge in [-0.1, -0.05) is 22.9 Å². The molecule has 2 nitrogen and oxygen atoms in total. The molecule has 0 spiro atoms. The average Bonchev–Trinajstić information content (AvgIpc) is 2.35. The highest BCUT2D eigenvalue weighted by molar-refractivity contribution is 9.10. The van der Waals surface area contributed by atoms with E-state index in [1.807, 2.05) is 6.07 Å². The molecule has 1 aliphatic carbocycles. The van der Waals surface area contributed by atoms with E-state index in [-0.39, 0.29) is 0 Å². The molecule has 1 fully saturated rings. The molecule has 0 radical (unpaired) electrons. The highest BCUT2D eigenvalue weighted by atomic mass is 79.9. The van der Waals surface area contributed by atoms with Gasteiger partial charge in [-0.2, -0.15) is 0 Å². The maximum Gasteiger partial charge on any atom is 0.122 e. The molecule has 2 atom stereocenters. The zero-order valence-corrected chi connectivity index (χ0v) is 12.8. The molecule has 1 saturated carbocycles. The van der Waals surface area contributed by atoms with Crippen LogP contribution in [0.5, 0.6) is 5.75 Å². The van der Waals surface area contributed by atoms with Crippen LogP contribution in [0.25, 0.3) is 0 Å². The first-order valence-electron chi connectivity index (χ1n) is 6.77. The monoisotopic (exact) mass is 311 g/mol. The first kappa shape index (κ1) is 13.9. The van der Waals surface area contributed by atoms with Gasteiger partial charge in [-0.05, 0) is 68.0 Å². The van der Waals surface area contributed by atoms with Gasteiger partial charge in [-0.15, -0.1) is 0 Å². The molecule has 0 aromatic heterocycles. The van der Waals surface area contributed by atoms with E-state index >= 15 is 0 Å². The van der Waals surface area contributed by atoms with Crippen LogP contribution >= 0.6 is 15.9 Å². The number of nitrogens with one attached hydrogen (secondary N) is 1. The molecule has 1 aromatic rings. The Morgan fingerprint density at radius 1 is 1.33 bits per heavy atom. The quantitative estimate of drug-likeness (QED) is 0.866. The van der Waals surface area contributed by atoms with Crippen molar-refractivity contribution in [1.82, 2.24) is 5.32 Å². The number of rotatable bonds is 6. The molecule has 0 amide bonds. The third kappa shape index (κ3) is 3.27. The molecule has 0 heterocycles. The Bertz CT molecular complexity index is 394. The Hall–Kier alpha value is -0.540. The van der Waals surface area contributed by atoms with E-state index in [1.54, 1.807) is 7.11 Å². The number of hydrogen-bond donors (Lipinski definition) is 1. The SMILES string of the molecule is CCNCC1CCC1Cc1cc(Br)ccc1OC. The lowest BCUT2D eigenvalue weighted by Crippen LogP contribution is -2.36. The van der Waals surface area contributed by atoms with Gasteiger partial charge in [0.1, 0.15) is 5.75 Å². The van der Waals surface area contributed by atoms with E-state index in [0.29, 0.717) is 0 Å². The second-order valence-corrected chi connectivity index (χ2v) is 5.98. The van der Waals surface area contributed by atoms with Gasteiger partial charge < -0.3 is 10.1 Å². The van der Waals surface area contributed by atoms with Crippen molar-refractivity contribution < 1.29 is 4.74 Å². The van der Waals surface area contributed by atoms with Gasteiger partial charge in [0.25, 0.3) is 0 Å². The molecule has 1 aromatic carbocycles. The molecule has 18 heavy (non-hydrogen) atoms. The zero-order chi connectivity index (χ0) is 13.0. The van der Waals surface area contributed by atoms with Crippen molar-refractivity contribution in [3.63, 3.8) is 0 Å². The summed E-state index contributed by atoms with van der Waals surface area (Å²) < 4.78 is 6.59. The van der Waals surface area contributed by atoms with Gasteiger partial charge >= 0.3 is 0 Å². The summed E-state index contributed by atoms with van der Waals surface area (Å²) in [7, 11) is 1.75. The Balaban J connectivity index is 1.98. The van der Waals surface area contributed by atoms with Crippen LogP contribution in [-0.2, 0) is 6.42 Å². The summed E-state index contributed by atoms with van der Waals surface area (Å²) in [5, 5.41) is 3.47. The second-order valence-electron chi connectivity index (χ2n) is 5.07. The molecule has 1 aliphatic rings. The van der Waals surface area contributed by atoms with E-state index in [1.165, 1.54) is 18.4 Å². The fourth-order valence-electron chi connectivity index (χ4n) is 2.69. The van der Waals surface area contributed by atoms with E-state index in [4.69, 9.17) is 4.74 Å². The van der Waals surface area contributed by atoms with Crippen molar-refractivity contribution in [3.8, 4) is 5.75 Å². The minimum absolute atomic E-state index is 0.812. The van der Waals surface area contributed by atoms with Crippen molar-refractivity contribution in [3.05, 3.63) is 28.2 Å². The van der Waals surface area contributed by atoms with Crippen LogP contribution in [0.4, 0.5) is 0 Å². The van der Waals surface area contributed by atoms with Crippen molar-refractivity contribution in [2.45, 2.75) is 26.2 Å². The summed E-state index contributed by atoms with van der Waals surface area (Å²) in [6.45, 7) is 4.41. The maximum absolute atomic E-state index is 5.45. The van der Waals surface area contributed by atoms with Crippen LogP contribution < -0.4 is 10.1 Å². The third-order valence-corrected chi connectivity index (χ3v) is 4.45.